The summed E-state index contributed by atoms with van der Waals surface area (Å²) in [4.78, 5) is 22.7. The maximum Gasteiger partial charge on any atom is 0.337 e. The van der Waals surface area contributed by atoms with Gasteiger partial charge in [0.25, 0.3) is 0 Å². The Bertz CT molecular complexity index is 413. The Balaban J connectivity index is 2.53. The number of ether oxygens (including phenoxy) is 1. The molecule has 5 heteroatoms. The molecule has 0 unspecified atom stereocenters. The molecule has 0 spiro atoms. The van der Waals surface area contributed by atoms with E-state index in [-0.39, 0.29) is 18.5 Å². The highest BCUT2D eigenvalue weighted by Gasteiger charge is 2.06. The first-order valence-corrected chi connectivity index (χ1v) is 5.74. The minimum Gasteiger partial charge on any atom is -0.465 e. The van der Waals surface area contributed by atoms with Crippen molar-refractivity contribution in [3.05, 3.63) is 29.8 Å². The molecule has 0 radical (unpaired) electrons. The molecule has 2 N–H and O–H groups in total. The van der Waals surface area contributed by atoms with E-state index in [1.807, 2.05) is 13.8 Å². The maximum atomic E-state index is 11.5. The summed E-state index contributed by atoms with van der Waals surface area (Å²) < 4.78 is 4.59. The summed E-state index contributed by atoms with van der Waals surface area (Å²) >= 11 is 0. The molecule has 1 aromatic rings. The highest BCUT2D eigenvalue weighted by Crippen LogP contribution is 2.10. The van der Waals surface area contributed by atoms with E-state index in [0.29, 0.717) is 11.3 Å². The lowest BCUT2D eigenvalue weighted by Gasteiger charge is -2.09. The zero-order valence-corrected chi connectivity index (χ0v) is 10.8. The van der Waals surface area contributed by atoms with Crippen LogP contribution in [0.1, 0.15) is 24.2 Å². The summed E-state index contributed by atoms with van der Waals surface area (Å²) in [6.07, 6.45) is 0. The summed E-state index contributed by atoms with van der Waals surface area (Å²) in [6, 6.07) is 6.81. The Labute approximate surface area is 107 Å². The standard InChI is InChI=1S/C13H18N2O3/c1-9(2)14-8-12(16)15-11-6-4-10(5-7-11)13(17)18-3/h4-7,9,14H,8H2,1-3H3,(H,15,16). The molecule has 1 amide bonds. The molecule has 0 saturated heterocycles. The summed E-state index contributed by atoms with van der Waals surface area (Å²) in [5.41, 5.74) is 1.11. The molecule has 5 nitrogen and oxygen atoms in total. The van der Waals surface area contributed by atoms with Crippen LogP contribution >= 0.6 is 0 Å². The van der Waals surface area contributed by atoms with Gasteiger partial charge in [-0.05, 0) is 24.3 Å². The third kappa shape index (κ3) is 4.55. The molecular weight excluding hydrogens is 232 g/mol. The number of benzene rings is 1. The number of hydrogen-bond donors (Lipinski definition) is 2. The number of nitrogens with one attached hydrogen (secondary N) is 2. The van der Waals surface area contributed by atoms with Gasteiger partial charge >= 0.3 is 5.97 Å². The smallest absolute Gasteiger partial charge is 0.337 e. The van der Waals surface area contributed by atoms with Gasteiger partial charge in [-0.3, -0.25) is 4.79 Å². The Hall–Kier alpha value is -1.88. The van der Waals surface area contributed by atoms with Crippen LogP contribution in [-0.4, -0.2) is 31.6 Å². The first-order valence-electron chi connectivity index (χ1n) is 5.74. The van der Waals surface area contributed by atoms with Gasteiger partial charge in [-0.1, -0.05) is 13.8 Å². The Kier molecular flexibility index (Phi) is 5.32. The fourth-order valence-electron chi connectivity index (χ4n) is 1.31. The number of carbonyl (C=O) groups is 2. The summed E-state index contributed by atoms with van der Waals surface area (Å²) in [5, 5.41) is 5.75. The Morgan fingerprint density at radius 3 is 2.33 bits per heavy atom. The van der Waals surface area contributed by atoms with Crippen LogP contribution in [0.3, 0.4) is 0 Å². The van der Waals surface area contributed by atoms with E-state index in [1.54, 1.807) is 24.3 Å². The van der Waals surface area contributed by atoms with E-state index in [0.717, 1.165) is 0 Å². The van der Waals surface area contributed by atoms with Gasteiger partial charge in [-0.2, -0.15) is 0 Å². The number of esters is 1. The van der Waals surface area contributed by atoms with Crippen LogP contribution in [0.5, 0.6) is 0 Å². The minimum absolute atomic E-state index is 0.116. The third-order valence-electron chi connectivity index (χ3n) is 2.26. The van der Waals surface area contributed by atoms with Gasteiger partial charge in [0.05, 0.1) is 19.2 Å². The molecule has 0 heterocycles. The Morgan fingerprint density at radius 1 is 1.22 bits per heavy atom. The molecule has 0 fully saturated rings. The highest BCUT2D eigenvalue weighted by molar-refractivity contribution is 5.93. The number of rotatable bonds is 5. The summed E-state index contributed by atoms with van der Waals surface area (Å²) in [5.74, 6) is -0.510. The number of anilines is 1. The van der Waals surface area contributed by atoms with Crippen molar-refractivity contribution in [1.29, 1.82) is 0 Å². The van der Waals surface area contributed by atoms with E-state index in [1.165, 1.54) is 7.11 Å². The average molecular weight is 250 g/mol. The van der Waals surface area contributed by atoms with Crippen LogP contribution < -0.4 is 10.6 Å². The zero-order valence-electron chi connectivity index (χ0n) is 10.8. The van der Waals surface area contributed by atoms with E-state index in [4.69, 9.17) is 0 Å². The number of amides is 1. The second kappa shape index (κ2) is 6.76. The molecule has 0 aliphatic rings. The fraction of sp³-hybridized carbons (Fsp3) is 0.385. The Morgan fingerprint density at radius 2 is 1.83 bits per heavy atom. The second-order valence-electron chi connectivity index (χ2n) is 4.15. The molecule has 0 aromatic heterocycles. The lowest BCUT2D eigenvalue weighted by Crippen LogP contribution is -2.32. The first-order chi connectivity index (χ1) is 8.52. The molecule has 0 aliphatic heterocycles. The molecule has 1 rings (SSSR count). The molecule has 0 bridgehead atoms. The quantitative estimate of drug-likeness (QED) is 0.775. The van der Waals surface area contributed by atoms with Crippen LogP contribution in [0.2, 0.25) is 0 Å². The van der Waals surface area contributed by atoms with Gasteiger partial charge in [-0.15, -0.1) is 0 Å². The van der Waals surface area contributed by atoms with Crippen LogP contribution in [0.4, 0.5) is 5.69 Å². The lowest BCUT2D eigenvalue weighted by molar-refractivity contribution is -0.115. The van der Waals surface area contributed by atoms with E-state index < -0.39 is 5.97 Å². The van der Waals surface area contributed by atoms with Crippen molar-refractivity contribution >= 4 is 17.6 Å². The number of hydrogen-bond acceptors (Lipinski definition) is 4. The molecular formula is C13H18N2O3. The predicted octanol–water partition coefficient (Wildman–Crippen LogP) is 1.41. The van der Waals surface area contributed by atoms with Crippen molar-refractivity contribution in [3.63, 3.8) is 0 Å². The van der Waals surface area contributed by atoms with Gasteiger partial charge in [0.1, 0.15) is 0 Å². The van der Waals surface area contributed by atoms with E-state index >= 15 is 0 Å². The molecule has 98 valence electrons. The highest BCUT2D eigenvalue weighted by atomic mass is 16.5. The van der Waals surface area contributed by atoms with Crippen LogP contribution in [0.15, 0.2) is 24.3 Å². The molecule has 1 aromatic carbocycles. The second-order valence-corrected chi connectivity index (χ2v) is 4.15. The van der Waals surface area contributed by atoms with Crippen molar-refractivity contribution in [2.75, 3.05) is 19.0 Å². The SMILES string of the molecule is COC(=O)c1ccc(NC(=O)CNC(C)C)cc1. The normalized spacial score (nSPS) is 10.2. The number of methoxy groups -OCH3 is 1. The van der Waals surface area contributed by atoms with Gasteiger partial charge < -0.3 is 15.4 Å². The molecule has 18 heavy (non-hydrogen) atoms. The van der Waals surface area contributed by atoms with Gasteiger partial charge in [0, 0.05) is 11.7 Å². The van der Waals surface area contributed by atoms with Gasteiger partial charge in [0.2, 0.25) is 5.91 Å². The minimum atomic E-state index is -0.394. The van der Waals surface area contributed by atoms with Crippen molar-refractivity contribution in [3.8, 4) is 0 Å². The summed E-state index contributed by atoms with van der Waals surface area (Å²) in [7, 11) is 1.33. The topological polar surface area (TPSA) is 67.4 Å². The molecule has 0 atom stereocenters. The average Bonchev–Trinajstić information content (AvgIpc) is 2.36. The van der Waals surface area contributed by atoms with Crippen molar-refractivity contribution < 1.29 is 14.3 Å². The van der Waals surface area contributed by atoms with Crippen molar-refractivity contribution in [2.45, 2.75) is 19.9 Å². The summed E-state index contributed by atoms with van der Waals surface area (Å²) in [6.45, 7) is 4.20. The van der Waals surface area contributed by atoms with Crippen LogP contribution in [0.25, 0.3) is 0 Å². The van der Waals surface area contributed by atoms with Gasteiger partial charge in [0.15, 0.2) is 0 Å². The lowest BCUT2D eigenvalue weighted by atomic mass is 10.2. The van der Waals surface area contributed by atoms with Crippen molar-refractivity contribution in [2.24, 2.45) is 0 Å². The van der Waals surface area contributed by atoms with E-state index in [2.05, 4.69) is 15.4 Å². The molecule has 0 saturated carbocycles. The predicted molar refractivity (Wildman–Crippen MR) is 69.5 cm³/mol. The number of carbonyl (C=O) groups excluding carboxylic acids is 2. The largest absolute Gasteiger partial charge is 0.465 e. The molecule has 0 aliphatic carbocycles. The zero-order chi connectivity index (χ0) is 13.5. The van der Waals surface area contributed by atoms with E-state index in [9.17, 15) is 9.59 Å². The van der Waals surface area contributed by atoms with Crippen molar-refractivity contribution in [1.82, 2.24) is 5.32 Å². The van der Waals surface area contributed by atoms with Gasteiger partial charge in [-0.25, -0.2) is 4.79 Å². The fourth-order valence-corrected chi connectivity index (χ4v) is 1.31. The monoisotopic (exact) mass is 250 g/mol. The maximum absolute atomic E-state index is 11.5. The van der Waals surface area contributed by atoms with Crippen LogP contribution in [0, 0.1) is 0 Å². The third-order valence-corrected chi connectivity index (χ3v) is 2.26. The first kappa shape index (κ1) is 14.2. The van der Waals surface area contributed by atoms with Crippen LogP contribution in [-0.2, 0) is 9.53 Å².